The molecule has 0 spiro atoms. The number of carbonyl (C=O) groups excluding carboxylic acids is 1. The predicted octanol–water partition coefficient (Wildman–Crippen LogP) is 0.952. The predicted molar refractivity (Wildman–Crippen MR) is 67.6 cm³/mol. The minimum atomic E-state index is -3.19. The Morgan fingerprint density at radius 1 is 1.56 bits per heavy atom. The van der Waals surface area contributed by atoms with Crippen molar-refractivity contribution in [2.24, 2.45) is 0 Å². The molecule has 0 saturated carbocycles. The van der Waals surface area contributed by atoms with Crippen molar-refractivity contribution in [3.63, 3.8) is 0 Å². The number of hydrogen-bond donors (Lipinski definition) is 0. The summed E-state index contributed by atoms with van der Waals surface area (Å²) >= 11 is 7.09. The Morgan fingerprint density at radius 3 is 2.81 bits per heavy atom. The SMILES string of the molecule is CS(=O)(=O)C1CSCCN1C(=O)CCCCl. The van der Waals surface area contributed by atoms with Gasteiger partial charge < -0.3 is 4.90 Å². The van der Waals surface area contributed by atoms with Gasteiger partial charge in [0.25, 0.3) is 0 Å². The molecule has 0 bridgehead atoms. The standard InChI is InChI=1S/C9H16ClNO3S2/c1-16(13,14)9-7-15-6-5-11(9)8(12)3-2-4-10/h9H,2-7H2,1H3. The van der Waals surface area contributed by atoms with E-state index < -0.39 is 15.2 Å². The molecule has 1 fully saturated rings. The first-order valence-electron chi connectivity index (χ1n) is 5.09. The van der Waals surface area contributed by atoms with Crippen LogP contribution in [0.15, 0.2) is 0 Å². The highest BCUT2D eigenvalue weighted by atomic mass is 35.5. The molecule has 0 radical (unpaired) electrons. The number of amides is 1. The average molecular weight is 286 g/mol. The molecule has 1 atom stereocenters. The van der Waals surface area contributed by atoms with E-state index in [4.69, 9.17) is 11.6 Å². The lowest BCUT2D eigenvalue weighted by molar-refractivity contribution is -0.131. The minimum Gasteiger partial charge on any atom is -0.324 e. The Balaban J connectivity index is 2.71. The van der Waals surface area contributed by atoms with E-state index in [2.05, 4.69) is 0 Å². The molecule has 1 rings (SSSR count). The number of alkyl halides is 1. The van der Waals surface area contributed by atoms with Gasteiger partial charge in [-0.2, -0.15) is 11.8 Å². The number of thioether (sulfide) groups is 1. The van der Waals surface area contributed by atoms with E-state index in [0.717, 1.165) is 5.75 Å². The molecule has 0 aromatic heterocycles. The topological polar surface area (TPSA) is 54.5 Å². The molecular formula is C9H16ClNO3S2. The molecule has 4 nitrogen and oxygen atoms in total. The quantitative estimate of drug-likeness (QED) is 0.722. The summed E-state index contributed by atoms with van der Waals surface area (Å²) in [7, 11) is -3.19. The van der Waals surface area contributed by atoms with Gasteiger partial charge in [0.05, 0.1) is 0 Å². The molecule has 7 heteroatoms. The number of hydrogen-bond acceptors (Lipinski definition) is 4. The Bertz CT molecular complexity index is 345. The van der Waals surface area contributed by atoms with Gasteiger partial charge in [0, 0.05) is 36.6 Å². The minimum absolute atomic E-state index is 0.101. The molecule has 0 aliphatic carbocycles. The summed E-state index contributed by atoms with van der Waals surface area (Å²) in [6, 6.07) is 0. The number of rotatable bonds is 4. The summed E-state index contributed by atoms with van der Waals surface area (Å²) in [5.41, 5.74) is 0. The van der Waals surface area contributed by atoms with Crippen LogP contribution in [-0.4, -0.2) is 54.8 Å². The molecule has 94 valence electrons. The van der Waals surface area contributed by atoms with Crippen LogP contribution in [0.2, 0.25) is 0 Å². The van der Waals surface area contributed by atoms with Crippen LogP contribution in [0.5, 0.6) is 0 Å². The van der Waals surface area contributed by atoms with Crippen LogP contribution < -0.4 is 0 Å². The average Bonchev–Trinajstić information content (AvgIpc) is 2.24. The maximum atomic E-state index is 11.8. The van der Waals surface area contributed by atoms with Gasteiger partial charge in [0.15, 0.2) is 9.84 Å². The first-order valence-corrected chi connectivity index (χ1v) is 8.73. The highest BCUT2D eigenvalue weighted by molar-refractivity contribution is 8.00. The number of carbonyl (C=O) groups is 1. The molecule has 1 amide bonds. The number of halogens is 1. The van der Waals surface area contributed by atoms with E-state index in [9.17, 15) is 13.2 Å². The van der Waals surface area contributed by atoms with Gasteiger partial charge in [-0.15, -0.1) is 11.6 Å². The third-order valence-corrected chi connectivity index (χ3v) is 5.33. The van der Waals surface area contributed by atoms with Crippen LogP contribution in [0.3, 0.4) is 0 Å². The van der Waals surface area contributed by atoms with Gasteiger partial charge in [0.2, 0.25) is 5.91 Å². The van der Waals surface area contributed by atoms with E-state index in [0.29, 0.717) is 31.0 Å². The zero-order chi connectivity index (χ0) is 12.2. The van der Waals surface area contributed by atoms with E-state index in [1.807, 2.05) is 0 Å². The first kappa shape index (κ1) is 14.1. The fourth-order valence-corrected chi connectivity index (χ4v) is 4.55. The first-order chi connectivity index (χ1) is 7.46. The molecule has 0 aromatic rings. The smallest absolute Gasteiger partial charge is 0.223 e. The highest BCUT2D eigenvalue weighted by Gasteiger charge is 2.33. The Morgan fingerprint density at radius 2 is 2.25 bits per heavy atom. The van der Waals surface area contributed by atoms with Crippen molar-refractivity contribution >= 4 is 39.1 Å². The van der Waals surface area contributed by atoms with Gasteiger partial charge in [-0.05, 0) is 6.42 Å². The molecule has 1 aliphatic heterocycles. The molecule has 0 N–H and O–H groups in total. The van der Waals surface area contributed by atoms with Gasteiger partial charge in [-0.25, -0.2) is 8.42 Å². The van der Waals surface area contributed by atoms with Crippen LogP contribution in [0.1, 0.15) is 12.8 Å². The third-order valence-electron chi connectivity index (χ3n) is 2.42. The van der Waals surface area contributed by atoms with Crippen molar-refractivity contribution < 1.29 is 13.2 Å². The monoisotopic (exact) mass is 285 g/mol. The molecule has 0 aromatic carbocycles. The summed E-state index contributed by atoms with van der Waals surface area (Å²) < 4.78 is 23.1. The number of sulfone groups is 1. The molecule has 1 aliphatic rings. The summed E-state index contributed by atoms with van der Waals surface area (Å²) in [5.74, 6) is 1.61. The lowest BCUT2D eigenvalue weighted by atomic mass is 10.3. The van der Waals surface area contributed by atoms with Gasteiger partial charge >= 0.3 is 0 Å². The summed E-state index contributed by atoms with van der Waals surface area (Å²) in [4.78, 5) is 13.3. The van der Waals surface area contributed by atoms with Crippen molar-refractivity contribution in [3.05, 3.63) is 0 Å². The molecule has 1 heterocycles. The second-order valence-corrected chi connectivity index (χ2v) is 7.47. The molecule has 1 saturated heterocycles. The van der Waals surface area contributed by atoms with E-state index in [-0.39, 0.29) is 5.91 Å². The molecule has 16 heavy (non-hydrogen) atoms. The van der Waals surface area contributed by atoms with Crippen molar-refractivity contribution in [3.8, 4) is 0 Å². The van der Waals surface area contributed by atoms with E-state index in [1.54, 1.807) is 11.8 Å². The summed E-state index contributed by atoms with van der Waals surface area (Å²) in [6.45, 7) is 0.517. The largest absolute Gasteiger partial charge is 0.324 e. The van der Waals surface area contributed by atoms with Gasteiger partial charge in [-0.1, -0.05) is 0 Å². The lowest BCUT2D eigenvalue weighted by Crippen LogP contribution is -2.49. The molecular weight excluding hydrogens is 270 g/mol. The maximum absolute atomic E-state index is 11.8. The van der Waals surface area contributed by atoms with Crippen LogP contribution in [0.4, 0.5) is 0 Å². The lowest BCUT2D eigenvalue weighted by Gasteiger charge is -2.34. The normalized spacial score (nSPS) is 22.1. The highest BCUT2D eigenvalue weighted by Crippen LogP contribution is 2.21. The van der Waals surface area contributed by atoms with Crippen LogP contribution in [0, 0.1) is 0 Å². The Kier molecular flexibility index (Phi) is 5.40. The molecule has 1 unspecified atom stereocenters. The van der Waals surface area contributed by atoms with Crippen molar-refractivity contribution in [2.75, 3.05) is 30.2 Å². The summed E-state index contributed by atoms with van der Waals surface area (Å²) in [5, 5.41) is -0.658. The Hall–Kier alpha value is 0.0600. The van der Waals surface area contributed by atoms with Crippen molar-refractivity contribution in [2.45, 2.75) is 18.2 Å². The van der Waals surface area contributed by atoms with Crippen molar-refractivity contribution in [1.82, 2.24) is 4.90 Å². The van der Waals surface area contributed by atoms with Crippen LogP contribution in [0.25, 0.3) is 0 Å². The zero-order valence-electron chi connectivity index (χ0n) is 9.19. The third kappa shape index (κ3) is 3.82. The summed E-state index contributed by atoms with van der Waals surface area (Å²) in [6.07, 6.45) is 2.12. The van der Waals surface area contributed by atoms with Crippen molar-refractivity contribution in [1.29, 1.82) is 0 Å². The second-order valence-electron chi connectivity index (χ2n) is 3.74. The van der Waals surface area contributed by atoms with E-state index in [1.165, 1.54) is 11.2 Å². The maximum Gasteiger partial charge on any atom is 0.223 e. The van der Waals surface area contributed by atoms with Crippen LogP contribution in [-0.2, 0) is 14.6 Å². The van der Waals surface area contributed by atoms with Gasteiger partial charge in [0.1, 0.15) is 5.37 Å². The second kappa shape index (κ2) is 6.12. The Labute approximate surface area is 106 Å². The van der Waals surface area contributed by atoms with E-state index >= 15 is 0 Å². The fourth-order valence-electron chi connectivity index (χ4n) is 1.58. The zero-order valence-corrected chi connectivity index (χ0v) is 11.6. The van der Waals surface area contributed by atoms with Crippen LogP contribution >= 0.6 is 23.4 Å². The number of nitrogens with zero attached hydrogens (tertiary/aromatic N) is 1. The fraction of sp³-hybridized carbons (Fsp3) is 0.889. The van der Waals surface area contributed by atoms with Gasteiger partial charge in [-0.3, -0.25) is 4.79 Å².